The monoisotopic (exact) mass is 260 g/mol. The van der Waals surface area contributed by atoms with Gasteiger partial charge in [0.05, 0.1) is 6.21 Å². The third-order valence-electron chi connectivity index (χ3n) is 3.27. The van der Waals surface area contributed by atoms with E-state index in [4.69, 9.17) is 5.73 Å². The molecule has 102 valence electrons. The summed E-state index contributed by atoms with van der Waals surface area (Å²) in [5, 5.41) is 3.78. The van der Waals surface area contributed by atoms with E-state index < -0.39 is 6.03 Å². The molecule has 1 aliphatic heterocycles. The fraction of sp³-hybridized carbons (Fsp3) is 0.429. The van der Waals surface area contributed by atoms with Crippen molar-refractivity contribution in [3.8, 4) is 0 Å². The van der Waals surface area contributed by atoms with Crippen molar-refractivity contribution in [3.63, 3.8) is 0 Å². The number of benzene rings is 1. The number of hydrogen-bond acceptors (Lipinski definition) is 3. The minimum Gasteiger partial charge on any atom is -0.369 e. The third-order valence-corrected chi connectivity index (χ3v) is 3.27. The zero-order valence-electron chi connectivity index (χ0n) is 11.4. The second-order valence-corrected chi connectivity index (χ2v) is 5.01. The molecule has 0 unspecified atom stereocenters. The van der Waals surface area contributed by atoms with Crippen LogP contribution in [0.15, 0.2) is 23.3 Å². The standard InChI is InChI=1S/C14H20N4O/c1-10(2)18-7-3-4-12-8-11(5-6-13(12)18)9-16-17-14(15)19/h5-6,8-10H,3-4,7H2,1-2H3,(H3,15,17,19). The Bertz CT molecular complexity index is 496. The van der Waals surface area contributed by atoms with Crippen LogP contribution in [0.4, 0.5) is 10.5 Å². The summed E-state index contributed by atoms with van der Waals surface area (Å²) in [7, 11) is 0. The third kappa shape index (κ3) is 3.24. The maximum atomic E-state index is 10.5. The Morgan fingerprint density at radius 3 is 3.00 bits per heavy atom. The number of nitrogens with one attached hydrogen (secondary N) is 1. The summed E-state index contributed by atoms with van der Waals surface area (Å²) in [5.41, 5.74) is 10.8. The highest BCUT2D eigenvalue weighted by atomic mass is 16.2. The van der Waals surface area contributed by atoms with Crippen LogP contribution in [0.25, 0.3) is 0 Å². The van der Waals surface area contributed by atoms with E-state index in [1.54, 1.807) is 6.21 Å². The molecule has 5 heteroatoms. The van der Waals surface area contributed by atoms with Crippen LogP contribution in [-0.2, 0) is 6.42 Å². The van der Waals surface area contributed by atoms with Crippen molar-refractivity contribution in [1.82, 2.24) is 5.43 Å². The summed E-state index contributed by atoms with van der Waals surface area (Å²) in [4.78, 5) is 12.9. The van der Waals surface area contributed by atoms with E-state index in [9.17, 15) is 4.79 Å². The molecule has 3 N–H and O–H groups in total. The van der Waals surface area contributed by atoms with Gasteiger partial charge in [-0.05, 0) is 49.9 Å². The van der Waals surface area contributed by atoms with Crippen LogP contribution in [0.3, 0.4) is 0 Å². The first-order chi connectivity index (χ1) is 9.08. The zero-order valence-corrected chi connectivity index (χ0v) is 11.4. The molecular weight excluding hydrogens is 240 g/mol. The van der Waals surface area contributed by atoms with Crippen molar-refractivity contribution in [1.29, 1.82) is 0 Å². The number of carbonyl (C=O) groups is 1. The molecular formula is C14H20N4O. The number of hydrazone groups is 1. The Labute approximate surface area is 113 Å². The maximum Gasteiger partial charge on any atom is 0.332 e. The number of anilines is 1. The van der Waals surface area contributed by atoms with Crippen molar-refractivity contribution in [3.05, 3.63) is 29.3 Å². The van der Waals surface area contributed by atoms with Gasteiger partial charge in [-0.3, -0.25) is 0 Å². The molecule has 0 fully saturated rings. The normalized spacial score (nSPS) is 14.8. The average Bonchev–Trinajstić information content (AvgIpc) is 2.37. The average molecular weight is 260 g/mol. The summed E-state index contributed by atoms with van der Waals surface area (Å²) in [5.74, 6) is 0. The van der Waals surface area contributed by atoms with Gasteiger partial charge in [0.1, 0.15) is 0 Å². The predicted molar refractivity (Wildman–Crippen MR) is 77.6 cm³/mol. The fourth-order valence-electron chi connectivity index (χ4n) is 2.43. The number of nitrogens with zero attached hydrogens (tertiary/aromatic N) is 2. The van der Waals surface area contributed by atoms with E-state index in [2.05, 4.69) is 41.4 Å². The van der Waals surface area contributed by atoms with Crippen LogP contribution >= 0.6 is 0 Å². The lowest BCUT2D eigenvalue weighted by atomic mass is 9.98. The van der Waals surface area contributed by atoms with Gasteiger partial charge in [0.25, 0.3) is 0 Å². The van der Waals surface area contributed by atoms with Gasteiger partial charge in [-0.2, -0.15) is 5.10 Å². The van der Waals surface area contributed by atoms with Crippen LogP contribution in [0.1, 0.15) is 31.4 Å². The Hall–Kier alpha value is -2.04. The molecule has 19 heavy (non-hydrogen) atoms. The zero-order chi connectivity index (χ0) is 13.8. The van der Waals surface area contributed by atoms with E-state index in [1.165, 1.54) is 17.7 Å². The minimum atomic E-state index is -0.653. The van der Waals surface area contributed by atoms with Gasteiger partial charge in [0.15, 0.2) is 0 Å². The predicted octanol–water partition coefficient (Wildman–Crippen LogP) is 1.85. The quantitative estimate of drug-likeness (QED) is 0.643. The van der Waals surface area contributed by atoms with Gasteiger partial charge in [0.2, 0.25) is 0 Å². The van der Waals surface area contributed by atoms with E-state index in [-0.39, 0.29) is 0 Å². The molecule has 0 spiro atoms. The molecule has 1 heterocycles. The number of fused-ring (bicyclic) bond motifs is 1. The Morgan fingerprint density at radius 2 is 2.32 bits per heavy atom. The fourth-order valence-corrected chi connectivity index (χ4v) is 2.43. The second-order valence-electron chi connectivity index (χ2n) is 5.01. The van der Waals surface area contributed by atoms with Crippen LogP contribution in [0, 0.1) is 0 Å². The van der Waals surface area contributed by atoms with Crippen molar-refractivity contribution in [2.24, 2.45) is 10.8 Å². The SMILES string of the molecule is CC(C)N1CCCc2cc(C=NNC(N)=O)ccc21. The molecule has 5 nitrogen and oxygen atoms in total. The van der Waals surface area contributed by atoms with Gasteiger partial charge < -0.3 is 10.6 Å². The second kappa shape index (κ2) is 5.73. The van der Waals surface area contributed by atoms with E-state index in [0.29, 0.717) is 6.04 Å². The Kier molecular flexibility index (Phi) is 4.04. The van der Waals surface area contributed by atoms with Crippen molar-refractivity contribution in [2.45, 2.75) is 32.7 Å². The molecule has 1 aromatic carbocycles. The van der Waals surface area contributed by atoms with Crippen molar-refractivity contribution >= 4 is 17.9 Å². The largest absolute Gasteiger partial charge is 0.369 e. The summed E-state index contributed by atoms with van der Waals surface area (Å²) in [6.07, 6.45) is 3.87. The minimum absolute atomic E-state index is 0.509. The van der Waals surface area contributed by atoms with E-state index in [1.807, 2.05) is 6.07 Å². The molecule has 0 radical (unpaired) electrons. The highest BCUT2D eigenvalue weighted by molar-refractivity contribution is 5.83. The first-order valence-corrected chi connectivity index (χ1v) is 6.56. The van der Waals surface area contributed by atoms with Crippen LogP contribution in [-0.4, -0.2) is 24.8 Å². The summed E-state index contributed by atoms with van der Waals surface area (Å²) in [6.45, 7) is 5.53. The number of rotatable bonds is 3. The molecule has 2 amide bonds. The molecule has 1 aromatic rings. The first-order valence-electron chi connectivity index (χ1n) is 6.56. The maximum absolute atomic E-state index is 10.5. The molecule has 1 aliphatic rings. The lowest BCUT2D eigenvalue weighted by molar-refractivity contribution is 0.249. The van der Waals surface area contributed by atoms with E-state index in [0.717, 1.165) is 18.5 Å². The van der Waals surface area contributed by atoms with Crippen LogP contribution in [0.2, 0.25) is 0 Å². The van der Waals surface area contributed by atoms with Crippen LogP contribution in [0.5, 0.6) is 0 Å². The lowest BCUT2D eigenvalue weighted by Crippen LogP contribution is -2.35. The molecule has 0 aromatic heterocycles. The van der Waals surface area contributed by atoms with Crippen LogP contribution < -0.4 is 16.1 Å². The Morgan fingerprint density at radius 1 is 1.53 bits per heavy atom. The van der Waals surface area contributed by atoms with Gasteiger partial charge in [-0.25, -0.2) is 10.2 Å². The summed E-state index contributed by atoms with van der Waals surface area (Å²) < 4.78 is 0. The van der Waals surface area contributed by atoms with Crippen molar-refractivity contribution < 1.29 is 4.79 Å². The highest BCUT2D eigenvalue weighted by Crippen LogP contribution is 2.29. The molecule has 0 saturated carbocycles. The lowest BCUT2D eigenvalue weighted by Gasteiger charge is -2.34. The summed E-state index contributed by atoms with van der Waals surface area (Å²) >= 11 is 0. The number of urea groups is 1. The number of amides is 2. The van der Waals surface area contributed by atoms with Gasteiger partial charge in [-0.15, -0.1) is 0 Å². The number of aryl methyl sites for hydroxylation is 1. The van der Waals surface area contributed by atoms with E-state index >= 15 is 0 Å². The number of carbonyl (C=O) groups excluding carboxylic acids is 1. The first kappa shape index (κ1) is 13.4. The summed E-state index contributed by atoms with van der Waals surface area (Å²) in [6, 6.07) is 6.11. The van der Waals surface area contributed by atoms with Gasteiger partial charge in [-0.1, -0.05) is 6.07 Å². The molecule has 0 atom stereocenters. The number of primary amides is 1. The van der Waals surface area contributed by atoms with Gasteiger partial charge in [0, 0.05) is 18.3 Å². The van der Waals surface area contributed by atoms with Gasteiger partial charge >= 0.3 is 6.03 Å². The molecule has 0 aliphatic carbocycles. The van der Waals surface area contributed by atoms with Crippen molar-refractivity contribution in [2.75, 3.05) is 11.4 Å². The smallest absolute Gasteiger partial charge is 0.332 e. The molecule has 0 saturated heterocycles. The number of nitrogens with two attached hydrogens (primary N) is 1. The molecule has 2 rings (SSSR count). The topological polar surface area (TPSA) is 70.7 Å². The Balaban J connectivity index is 2.19. The number of hydrogen-bond donors (Lipinski definition) is 2. The molecule has 0 bridgehead atoms. The highest BCUT2D eigenvalue weighted by Gasteiger charge is 2.18.